The highest BCUT2D eigenvalue weighted by Gasteiger charge is 2.50. The molecule has 4 nitrogen and oxygen atoms in total. The summed E-state index contributed by atoms with van der Waals surface area (Å²) in [6, 6.07) is 10.8. The normalized spacial score (nSPS) is 19.6. The van der Waals surface area contributed by atoms with Gasteiger partial charge in [-0.15, -0.1) is 22.6 Å². The third-order valence-electron chi connectivity index (χ3n) is 5.00. The Bertz CT molecular complexity index is 627. The molecule has 2 fully saturated rings. The van der Waals surface area contributed by atoms with Gasteiger partial charge in [-0.1, -0.05) is 30.3 Å². The first kappa shape index (κ1) is 15.3. The zero-order valence-corrected chi connectivity index (χ0v) is 13.9. The molecule has 2 aromatic rings. The number of nitrogens with zero attached hydrogens (tertiary/aromatic N) is 4. The zero-order chi connectivity index (χ0) is 14.3. The van der Waals surface area contributed by atoms with Gasteiger partial charge in [0, 0.05) is 20.1 Å². The topological polar surface area (TPSA) is 34.0 Å². The molecule has 0 N–H and O–H groups in total. The van der Waals surface area contributed by atoms with E-state index in [0.29, 0.717) is 0 Å². The van der Waals surface area contributed by atoms with E-state index < -0.39 is 0 Å². The van der Waals surface area contributed by atoms with Gasteiger partial charge < -0.3 is 4.90 Å². The van der Waals surface area contributed by atoms with Crippen molar-refractivity contribution in [1.29, 1.82) is 0 Å². The minimum Gasteiger partial charge on any atom is -0.341 e. The van der Waals surface area contributed by atoms with Gasteiger partial charge in [0.2, 0.25) is 5.95 Å². The maximum atomic E-state index is 4.57. The number of halogens is 1. The van der Waals surface area contributed by atoms with Crippen LogP contribution in [0.2, 0.25) is 0 Å². The molecule has 0 radical (unpaired) electrons. The molecule has 1 aromatic carbocycles. The summed E-state index contributed by atoms with van der Waals surface area (Å²) in [4.78, 5) is 2.39. The Kier molecular flexibility index (Phi) is 4.13. The van der Waals surface area contributed by atoms with Crippen molar-refractivity contribution in [3.8, 4) is 0 Å². The van der Waals surface area contributed by atoms with E-state index in [1.807, 2.05) is 0 Å². The van der Waals surface area contributed by atoms with Crippen LogP contribution in [0.4, 0.5) is 5.95 Å². The number of hydrogen-bond donors (Lipinski definition) is 0. The van der Waals surface area contributed by atoms with Crippen LogP contribution in [0, 0.1) is 0 Å². The summed E-state index contributed by atoms with van der Waals surface area (Å²) in [7, 11) is 2.13. The smallest absolute Gasteiger partial charge is 0.226 e. The molecule has 0 bridgehead atoms. The second-order valence-corrected chi connectivity index (χ2v) is 6.38. The van der Waals surface area contributed by atoms with Crippen LogP contribution in [0.15, 0.2) is 30.3 Å². The Balaban J connectivity index is 0.00000144. The van der Waals surface area contributed by atoms with Crippen LogP contribution in [-0.4, -0.2) is 27.9 Å². The van der Waals surface area contributed by atoms with Crippen LogP contribution in [0.3, 0.4) is 0 Å². The van der Waals surface area contributed by atoms with E-state index in [1.165, 1.54) is 37.7 Å². The molecule has 1 saturated carbocycles. The van der Waals surface area contributed by atoms with E-state index in [1.54, 1.807) is 0 Å². The van der Waals surface area contributed by atoms with Gasteiger partial charge in [0.1, 0.15) is 5.82 Å². The minimum absolute atomic E-state index is 0. The van der Waals surface area contributed by atoms with Gasteiger partial charge in [0.25, 0.3) is 0 Å². The van der Waals surface area contributed by atoms with Gasteiger partial charge in [-0.05, 0) is 37.7 Å². The molecule has 0 atom stereocenters. The third kappa shape index (κ3) is 2.39. The fraction of sp³-hybridized carbons (Fsp3) is 0.529. The molecule has 1 saturated heterocycles. The minimum atomic E-state index is 0. The van der Waals surface area contributed by atoms with E-state index in [0.717, 1.165) is 24.9 Å². The summed E-state index contributed by atoms with van der Waals surface area (Å²) in [5.74, 6) is 2.18. The van der Waals surface area contributed by atoms with Crippen LogP contribution in [0.5, 0.6) is 0 Å². The molecule has 1 aliphatic carbocycles. The quantitative estimate of drug-likeness (QED) is 0.870. The second kappa shape index (κ2) is 5.92. The molecule has 2 aliphatic rings. The van der Waals surface area contributed by atoms with Gasteiger partial charge >= 0.3 is 0 Å². The largest absolute Gasteiger partial charge is 0.341 e. The Morgan fingerprint density at radius 3 is 2.27 bits per heavy atom. The molecule has 2 heterocycles. The fourth-order valence-electron chi connectivity index (χ4n) is 3.63. The maximum absolute atomic E-state index is 4.57. The summed E-state index contributed by atoms with van der Waals surface area (Å²) in [5, 5.41) is 9.08. The van der Waals surface area contributed by atoms with Crippen LogP contribution < -0.4 is 4.90 Å². The van der Waals surface area contributed by atoms with E-state index >= 15 is 0 Å². The number of piperidine rings is 1. The highest BCUT2D eigenvalue weighted by Crippen LogP contribution is 2.52. The van der Waals surface area contributed by atoms with Crippen molar-refractivity contribution in [2.45, 2.75) is 37.5 Å². The molecule has 5 heteroatoms. The molecule has 118 valence electrons. The van der Waals surface area contributed by atoms with Crippen molar-refractivity contribution >= 4 is 18.4 Å². The van der Waals surface area contributed by atoms with Crippen molar-refractivity contribution < 1.29 is 0 Å². The van der Waals surface area contributed by atoms with Gasteiger partial charge in [-0.25, -0.2) is 0 Å². The van der Waals surface area contributed by atoms with Crippen LogP contribution in [0.25, 0.3) is 0 Å². The first-order valence-corrected chi connectivity index (χ1v) is 8.02. The summed E-state index contributed by atoms with van der Waals surface area (Å²) >= 11 is 0. The predicted octanol–water partition coefficient (Wildman–Crippen LogP) is 3.31. The predicted molar refractivity (Wildman–Crippen MR) is 90.8 cm³/mol. The van der Waals surface area contributed by atoms with Crippen molar-refractivity contribution in [3.63, 3.8) is 0 Å². The van der Waals surface area contributed by atoms with E-state index in [2.05, 4.69) is 57.0 Å². The third-order valence-corrected chi connectivity index (χ3v) is 5.00. The first-order valence-electron chi connectivity index (χ1n) is 8.02. The molecule has 4 rings (SSSR count). The summed E-state index contributed by atoms with van der Waals surface area (Å²) in [6.45, 7) is 2.23. The molecule has 0 spiro atoms. The Hall–Kier alpha value is -1.55. The maximum Gasteiger partial charge on any atom is 0.226 e. The summed E-state index contributed by atoms with van der Waals surface area (Å²) in [5.41, 5.74) is 1.49. The first-order chi connectivity index (χ1) is 10.3. The lowest BCUT2D eigenvalue weighted by molar-refractivity contribution is 0.559. The Labute approximate surface area is 138 Å². The Morgan fingerprint density at radius 1 is 0.955 bits per heavy atom. The van der Waals surface area contributed by atoms with E-state index in [-0.39, 0.29) is 17.8 Å². The van der Waals surface area contributed by atoms with Gasteiger partial charge in [0.15, 0.2) is 0 Å². The lowest BCUT2D eigenvalue weighted by Gasteiger charge is -2.27. The van der Waals surface area contributed by atoms with Gasteiger partial charge in [0.05, 0.1) is 5.41 Å². The Morgan fingerprint density at radius 2 is 1.64 bits per heavy atom. The lowest BCUT2D eigenvalue weighted by atomic mass is 9.95. The summed E-state index contributed by atoms with van der Waals surface area (Å²) < 4.78 is 2.23. The zero-order valence-electron chi connectivity index (χ0n) is 13.0. The number of hydrogen-bond acceptors (Lipinski definition) is 3. The fourth-order valence-corrected chi connectivity index (χ4v) is 3.63. The number of anilines is 1. The molecule has 1 aliphatic heterocycles. The second-order valence-electron chi connectivity index (χ2n) is 6.38. The number of benzene rings is 1. The standard InChI is InChI=1S/C17H22N4.ClH/c1-20-15(17(10-11-17)14-8-4-2-5-9-14)18-19-16(20)21-12-6-3-7-13-21;/h2,4-5,8-9H,3,6-7,10-13H2,1H3;1H. The van der Waals surface area contributed by atoms with Crippen molar-refractivity contribution in [1.82, 2.24) is 14.8 Å². The lowest BCUT2D eigenvalue weighted by Crippen LogP contribution is -2.32. The molecule has 22 heavy (non-hydrogen) atoms. The molecular weight excluding hydrogens is 296 g/mol. The highest BCUT2D eigenvalue weighted by atomic mass is 35.5. The average molecular weight is 319 g/mol. The SMILES string of the molecule is Cl.Cn1c(N2CCCCC2)nnc1C1(c2ccccc2)CC1. The van der Waals surface area contributed by atoms with E-state index in [4.69, 9.17) is 0 Å². The molecule has 0 unspecified atom stereocenters. The summed E-state index contributed by atoms with van der Waals surface area (Å²) in [6.07, 6.45) is 6.25. The molecular formula is C17H23ClN4. The van der Waals surface area contributed by atoms with Crippen molar-refractivity contribution in [2.75, 3.05) is 18.0 Å². The van der Waals surface area contributed by atoms with Crippen LogP contribution in [-0.2, 0) is 12.5 Å². The van der Waals surface area contributed by atoms with Gasteiger partial charge in [-0.2, -0.15) is 0 Å². The number of aromatic nitrogens is 3. The van der Waals surface area contributed by atoms with Crippen LogP contribution >= 0.6 is 12.4 Å². The van der Waals surface area contributed by atoms with E-state index in [9.17, 15) is 0 Å². The highest BCUT2D eigenvalue weighted by molar-refractivity contribution is 5.85. The average Bonchev–Trinajstić information content (AvgIpc) is 3.26. The molecule has 1 aromatic heterocycles. The number of rotatable bonds is 3. The monoisotopic (exact) mass is 318 g/mol. The molecule has 0 amide bonds. The van der Waals surface area contributed by atoms with Gasteiger partial charge in [-0.3, -0.25) is 4.57 Å². The van der Waals surface area contributed by atoms with Crippen LogP contribution in [0.1, 0.15) is 43.5 Å². The van der Waals surface area contributed by atoms with Crippen molar-refractivity contribution in [3.05, 3.63) is 41.7 Å². The van der Waals surface area contributed by atoms with Crippen molar-refractivity contribution in [2.24, 2.45) is 7.05 Å².